The van der Waals surface area contributed by atoms with Crippen molar-refractivity contribution in [1.29, 1.82) is 0 Å². The molecule has 2 unspecified atom stereocenters. The van der Waals surface area contributed by atoms with E-state index in [0.717, 1.165) is 18.7 Å². The first-order valence-corrected chi connectivity index (χ1v) is 6.71. The Bertz CT molecular complexity index is 422. The van der Waals surface area contributed by atoms with Gasteiger partial charge in [-0.2, -0.15) is 0 Å². The van der Waals surface area contributed by atoms with Crippen LogP contribution in [-0.2, 0) is 11.2 Å². The maximum absolute atomic E-state index is 12.3. The second-order valence-corrected chi connectivity index (χ2v) is 5.44. The molecule has 1 N–H and O–H groups in total. The Labute approximate surface area is 125 Å². The van der Waals surface area contributed by atoms with Crippen molar-refractivity contribution in [3.05, 3.63) is 34.9 Å². The summed E-state index contributed by atoms with van der Waals surface area (Å²) < 4.78 is 0. The van der Waals surface area contributed by atoms with Crippen LogP contribution in [0.1, 0.15) is 19.4 Å². The topological polar surface area (TPSA) is 32.3 Å². The third kappa shape index (κ3) is 4.37. The molecule has 19 heavy (non-hydrogen) atoms. The number of carbonyl (C=O) groups is 1. The molecule has 0 radical (unpaired) electrons. The monoisotopic (exact) mass is 302 g/mol. The number of benzene rings is 1. The highest BCUT2D eigenvalue weighted by atomic mass is 35.5. The molecular weight excluding hydrogens is 283 g/mol. The molecule has 1 aliphatic rings. The van der Waals surface area contributed by atoms with Crippen LogP contribution >= 0.6 is 24.0 Å². The Morgan fingerprint density at radius 1 is 1.37 bits per heavy atom. The fraction of sp³-hybridized carbons (Fsp3) is 0.500. The van der Waals surface area contributed by atoms with E-state index in [-0.39, 0.29) is 24.4 Å². The van der Waals surface area contributed by atoms with Crippen LogP contribution in [0.2, 0.25) is 5.02 Å². The molecule has 0 aliphatic carbocycles. The van der Waals surface area contributed by atoms with Crippen LogP contribution in [0.5, 0.6) is 0 Å². The zero-order valence-electron chi connectivity index (χ0n) is 11.2. The lowest BCUT2D eigenvalue weighted by atomic mass is 10.1. The fourth-order valence-electron chi connectivity index (χ4n) is 2.25. The number of carbonyl (C=O) groups excluding carboxylic acids is 1. The molecule has 1 fully saturated rings. The first kappa shape index (κ1) is 16.3. The third-order valence-electron chi connectivity index (χ3n) is 3.35. The van der Waals surface area contributed by atoms with Gasteiger partial charge in [-0.05, 0) is 31.5 Å². The molecule has 0 saturated carbocycles. The molecule has 1 heterocycles. The Balaban J connectivity index is 0.00000180. The number of halogens is 2. The molecule has 3 nitrogen and oxygen atoms in total. The smallest absolute Gasteiger partial charge is 0.227 e. The average Bonchev–Trinajstić information content (AvgIpc) is 2.35. The van der Waals surface area contributed by atoms with E-state index in [9.17, 15) is 4.79 Å². The van der Waals surface area contributed by atoms with Crippen molar-refractivity contribution < 1.29 is 4.79 Å². The Morgan fingerprint density at radius 2 is 2.00 bits per heavy atom. The lowest BCUT2D eigenvalue weighted by Gasteiger charge is -2.37. The number of nitrogens with one attached hydrogen (secondary N) is 1. The molecule has 1 aromatic carbocycles. The van der Waals surface area contributed by atoms with E-state index >= 15 is 0 Å². The minimum absolute atomic E-state index is 0. The van der Waals surface area contributed by atoms with Crippen LogP contribution in [-0.4, -0.2) is 36.0 Å². The minimum Gasteiger partial charge on any atom is -0.337 e. The van der Waals surface area contributed by atoms with Crippen molar-refractivity contribution in [3.8, 4) is 0 Å². The number of hydrogen-bond donors (Lipinski definition) is 1. The predicted molar refractivity (Wildman–Crippen MR) is 81.0 cm³/mol. The van der Waals surface area contributed by atoms with Crippen LogP contribution in [0.3, 0.4) is 0 Å². The van der Waals surface area contributed by atoms with Gasteiger partial charge in [0.15, 0.2) is 0 Å². The zero-order valence-corrected chi connectivity index (χ0v) is 12.8. The van der Waals surface area contributed by atoms with Gasteiger partial charge in [0.2, 0.25) is 5.91 Å². The van der Waals surface area contributed by atoms with Crippen LogP contribution < -0.4 is 5.32 Å². The molecule has 0 bridgehead atoms. The summed E-state index contributed by atoms with van der Waals surface area (Å²) in [6, 6.07) is 8.12. The van der Waals surface area contributed by atoms with Gasteiger partial charge in [-0.1, -0.05) is 23.7 Å². The van der Waals surface area contributed by atoms with E-state index in [4.69, 9.17) is 11.6 Å². The molecule has 1 aromatic rings. The molecule has 106 valence electrons. The Hall–Kier alpha value is -0.770. The summed E-state index contributed by atoms with van der Waals surface area (Å²) in [5, 5.41) is 4.08. The molecule has 2 rings (SSSR count). The highest BCUT2D eigenvalue weighted by Crippen LogP contribution is 2.13. The first-order valence-electron chi connectivity index (χ1n) is 6.33. The number of nitrogens with zero attached hydrogens (tertiary/aromatic N) is 1. The molecule has 1 aliphatic heterocycles. The van der Waals surface area contributed by atoms with Gasteiger partial charge in [-0.25, -0.2) is 0 Å². The van der Waals surface area contributed by atoms with Crippen molar-refractivity contribution in [2.75, 3.05) is 13.1 Å². The summed E-state index contributed by atoms with van der Waals surface area (Å²) in [5.41, 5.74) is 1.02. The maximum atomic E-state index is 12.3. The Kier molecular flexibility index (Phi) is 6.11. The SMILES string of the molecule is CC1CN(C(=O)Cc2ccc(Cl)cc2)C(C)CN1.Cl. The molecule has 1 saturated heterocycles. The van der Waals surface area contributed by atoms with Crippen LogP contribution in [0.15, 0.2) is 24.3 Å². The summed E-state index contributed by atoms with van der Waals surface area (Å²) in [5.74, 6) is 0.193. The lowest BCUT2D eigenvalue weighted by molar-refractivity contribution is -0.133. The molecule has 1 amide bonds. The quantitative estimate of drug-likeness (QED) is 0.910. The molecular formula is C14H20Cl2N2O. The number of rotatable bonds is 2. The van der Waals surface area contributed by atoms with Gasteiger partial charge < -0.3 is 10.2 Å². The van der Waals surface area contributed by atoms with Gasteiger partial charge >= 0.3 is 0 Å². The average molecular weight is 303 g/mol. The number of amides is 1. The molecule has 5 heteroatoms. The lowest BCUT2D eigenvalue weighted by Crippen LogP contribution is -2.56. The van der Waals surface area contributed by atoms with Crippen LogP contribution in [0.4, 0.5) is 0 Å². The van der Waals surface area contributed by atoms with Crippen molar-refractivity contribution in [3.63, 3.8) is 0 Å². The van der Waals surface area contributed by atoms with E-state index in [1.54, 1.807) is 0 Å². The van der Waals surface area contributed by atoms with Crippen LogP contribution in [0, 0.1) is 0 Å². The summed E-state index contributed by atoms with van der Waals surface area (Å²) in [4.78, 5) is 14.2. The van der Waals surface area contributed by atoms with Gasteiger partial charge in [-0.15, -0.1) is 12.4 Å². The zero-order chi connectivity index (χ0) is 13.1. The Morgan fingerprint density at radius 3 is 2.63 bits per heavy atom. The highest BCUT2D eigenvalue weighted by molar-refractivity contribution is 6.30. The van der Waals surface area contributed by atoms with E-state index in [0.29, 0.717) is 17.5 Å². The number of hydrogen-bond acceptors (Lipinski definition) is 2. The van der Waals surface area contributed by atoms with Gasteiger partial charge in [-0.3, -0.25) is 4.79 Å². The van der Waals surface area contributed by atoms with Crippen molar-refractivity contribution >= 4 is 29.9 Å². The van der Waals surface area contributed by atoms with Crippen molar-refractivity contribution in [2.45, 2.75) is 32.4 Å². The first-order chi connectivity index (χ1) is 8.56. The fourth-order valence-corrected chi connectivity index (χ4v) is 2.37. The van der Waals surface area contributed by atoms with Crippen molar-refractivity contribution in [1.82, 2.24) is 10.2 Å². The summed E-state index contributed by atoms with van der Waals surface area (Å²) in [6.45, 7) is 5.84. The largest absolute Gasteiger partial charge is 0.337 e. The highest BCUT2D eigenvalue weighted by Gasteiger charge is 2.26. The third-order valence-corrected chi connectivity index (χ3v) is 3.61. The summed E-state index contributed by atoms with van der Waals surface area (Å²) in [6.07, 6.45) is 0.453. The molecule has 0 aromatic heterocycles. The van der Waals surface area contributed by atoms with Gasteiger partial charge in [0.25, 0.3) is 0 Å². The predicted octanol–water partition coefficient (Wildman–Crippen LogP) is 2.51. The number of piperazine rings is 1. The molecule has 0 spiro atoms. The van der Waals surface area contributed by atoms with E-state index in [2.05, 4.69) is 19.2 Å². The second kappa shape index (κ2) is 7.13. The molecule has 2 atom stereocenters. The van der Waals surface area contributed by atoms with E-state index < -0.39 is 0 Å². The summed E-state index contributed by atoms with van der Waals surface area (Å²) in [7, 11) is 0. The van der Waals surface area contributed by atoms with Gasteiger partial charge in [0, 0.05) is 30.2 Å². The van der Waals surface area contributed by atoms with Crippen molar-refractivity contribution in [2.24, 2.45) is 0 Å². The van der Waals surface area contributed by atoms with Gasteiger partial charge in [0.1, 0.15) is 0 Å². The summed E-state index contributed by atoms with van der Waals surface area (Å²) >= 11 is 5.84. The second-order valence-electron chi connectivity index (χ2n) is 5.01. The maximum Gasteiger partial charge on any atom is 0.227 e. The van der Waals surface area contributed by atoms with E-state index in [1.165, 1.54) is 0 Å². The minimum atomic E-state index is 0. The normalized spacial score (nSPS) is 22.8. The van der Waals surface area contributed by atoms with Crippen LogP contribution in [0.25, 0.3) is 0 Å². The standard InChI is InChI=1S/C14H19ClN2O.ClH/c1-10-9-17(11(2)8-16-10)14(18)7-12-3-5-13(15)6-4-12;/h3-6,10-11,16H,7-9H2,1-2H3;1H. The van der Waals surface area contributed by atoms with Gasteiger partial charge in [0.05, 0.1) is 6.42 Å². The van der Waals surface area contributed by atoms with E-state index in [1.807, 2.05) is 29.2 Å².